The molecule has 1 aromatic heterocycles. The van der Waals surface area contributed by atoms with Crippen molar-refractivity contribution < 1.29 is 14.0 Å². The van der Waals surface area contributed by atoms with Crippen LogP contribution < -0.4 is 5.32 Å². The van der Waals surface area contributed by atoms with Gasteiger partial charge in [0.2, 0.25) is 11.8 Å². The summed E-state index contributed by atoms with van der Waals surface area (Å²) in [6, 6.07) is 3.63. The highest BCUT2D eigenvalue weighted by Crippen LogP contribution is 2.20. The molecule has 1 aliphatic heterocycles. The zero-order valence-electron chi connectivity index (χ0n) is 12.1. The van der Waals surface area contributed by atoms with Crippen LogP contribution >= 0.6 is 0 Å². The number of nitrogens with one attached hydrogen (secondary N) is 1. The summed E-state index contributed by atoms with van der Waals surface area (Å²) < 4.78 is 5.24. The van der Waals surface area contributed by atoms with E-state index in [4.69, 9.17) is 4.42 Å². The van der Waals surface area contributed by atoms with Gasteiger partial charge >= 0.3 is 0 Å². The van der Waals surface area contributed by atoms with Crippen molar-refractivity contribution in [1.29, 1.82) is 0 Å². The molecule has 1 atom stereocenters. The Balaban J connectivity index is 1.80. The highest BCUT2D eigenvalue weighted by atomic mass is 16.3. The van der Waals surface area contributed by atoms with Gasteiger partial charge in [-0.15, -0.1) is 0 Å². The Morgan fingerprint density at radius 1 is 1.55 bits per heavy atom. The van der Waals surface area contributed by atoms with Crippen LogP contribution in [0.2, 0.25) is 0 Å². The first kappa shape index (κ1) is 14.6. The summed E-state index contributed by atoms with van der Waals surface area (Å²) in [6.07, 6.45) is 2.85. The molecular weight excluding hydrogens is 256 g/mol. The van der Waals surface area contributed by atoms with Gasteiger partial charge in [0.25, 0.3) is 0 Å². The minimum absolute atomic E-state index is 0.0130. The number of hydrogen-bond donors (Lipinski definition) is 1. The van der Waals surface area contributed by atoms with Crippen LogP contribution in [0.15, 0.2) is 22.8 Å². The van der Waals surface area contributed by atoms with Crippen LogP contribution in [0, 0.1) is 11.8 Å². The first-order valence-electron chi connectivity index (χ1n) is 7.14. The van der Waals surface area contributed by atoms with Crippen molar-refractivity contribution in [3.8, 4) is 0 Å². The SMILES string of the molecule is CC(C)CCNC(=O)C1CC(=O)N(Cc2ccco2)C1. The van der Waals surface area contributed by atoms with Crippen LogP contribution in [0.4, 0.5) is 0 Å². The van der Waals surface area contributed by atoms with Gasteiger partial charge in [0.1, 0.15) is 5.76 Å². The van der Waals surface area contributed by atoms with E-state index in [9.17, 15) is 9.59 Å². The van der Waals surface area contributed by atoms with E-state index in [2.05, 4.69) is 19.2 Å². The molecule has 0 aromatic carbocycles. The van der Waals surface area contributed by atoms with E-state index in [-0.39, 0.29) is 17.7 Å². The monoisotopic (exact) mass is 278 g/mol. The molecule has 1 N–H and O–H groups in total. The third-order valence-electron chi connectivity index (χ3n) is 3.53. The highest BCUT2D eigenvalue weighted by molar-refractivity contribution is 5.89. The Labute approximate surface area is 119 Å². The van der Waals surface area contributed by atoms with Crippen LogP contribution in [0.3, 0.4) is 0 Å². The first-order chi connectivity index (χ1) is 9.56. The Morgan fingerprint density at radius 2 is 2.35 bits per heavy atom. The second kappa shape index (κ2) is 6.59. The van der Waals surface area contributed by atoms with Gasteiger partial charge in [-0.3, -0.25) is 9.59 Å². The van der Waals surface area contributed by atoms with E-state index in [1.54, 1.807) is 17.2 Å². The number of furan rings is 1. The predicted octanol–water partition coefficient (Wildman–Crippen LogP) is 1.79. The van der Waals surface area contributed by atoms with Crippen molar-refractivity contribution >= 4 is 11.8 Å². The fraction of sp³-hybridized carbons (Fsp3) is 0.600. The molecule has 0 bridgehead atoms. The van der Waals surface area contributed by atoms with Gasteiger partial charge in [0.15, 0.2) is 0 Å². The fourth-order valence-corrected chi connectivity index (χ4v) is 2.32. The van der Waals surface area contributed by atoms with Crippen molar-refractivity contribution in [3.05, 3.63) is 24.2 Å². The van der Waals surface area contributed by atoms with Crippen LogP contribution in [0.5, 0.6) is 0 Å². The van der Waals surface area contributed by atoms with Crippen molar-refractivity contribution in [2.24, 2.45) is 11.8 Å². The lowest BCUT2D eigenvalue weighted by molar-refractivity contribution is -0.129. The van der Waals surface area contributed by atoms with Crippen LogP contribution in [-0.2, 0) is 16.1 Å². The minimum atomic E-state index is -0.232. The number of nitrogens with zero attached hydrogens (tertiary/aromatic N) is 1. The molecule has 1 aromatic rings. The second-order valence-electron chi connectivity index (χ2n) is 5.73. The number of carbonyl (C=O) groups excluding carboxylic acids is 2. The van der Waals surface area contributed by atoms with E-state index in [0.29, 0.717) is 32.0 Å². The van der Waals surface area contributed by atoms with Gasteiger partial charge in [0.05, 0.1) is 18.7 Å². The van der Waals surface area contributed by atoms with Crippen molar-refractivity contribution in [3.63, 3.8) is 0 Å². The van der Waals surface area contributed by atoms with E-state index in [0.717, 1.165) is 12.2 Å². The summed E-state index contributed by atoms with van der Waals surface area (Å²) in [5.41, 5.74) is 0. The smallest absolute Gasteiger partial charge is 0.225 e. The van der Waals surface area contributed by atoms with Crippen molar-refractivity contribution in [1.82, 2.24) is 10.2 Å². The van der Waals surface area contributed by atoms with E-state index < -0.39 is 0 Å². The number of amides is 2. The van der Waals surface area contributed by atoms with Gasteiger partial charge < -0.3 is 14.6 Å². The molecule has 1 aliphatic rings. The van der Waals surface area contributed by atoms with Gasteiger partial charge in [-0.2, -0.15) is 0 Å². The lowest BCUT2D eigenvalue weighted by Crippen LogP contribution is -2.33. The second-order valence-corrected chi connectivity index (χ2v) is 5.73. The molecule has 0 radical (unpaired) electrons. The maximum atomic E-state index is 12.0. The molecule has 1 fully saturated rings. The maximum Gasteiger partial charge on any atom is 0.225 e. The predicted molar refractivity (Wildman–Crippen MR) is 74.7 cm³/mol. The summed E-state index contributed by atoms with van der Waals surface area (Å²) in [5.74, 6) is 1.09. The quantitative estimate of drug-likeness (QED) is 0.863. The zero-order valence-corrected chi connectivity index (χ0v) is 12.1. The molecule has 5 nitrogen and oxygen atoms in total. The first-order valence-corrected chi connectivity index (χ1v) is 7.14. The Hall–Kier alpha value is -1.78. The molecule has 5 heteroatoms. The van der Waals surface area contributed by atoms with Gasteiger partial charge in [-0.05, 0) is 24.5 Å². The van der Waals surface area contributed by atoms with E-state index in [1.165, 1.54) is 0 Å². The maximum absolute atomic E-state index is 12.0. The number of hydrogen-bond acceptors (Lipinski definition) is 3. The molecule has 0 aliphatic carbocycles. The van der Waals surface area contributed by atoms with Crippen LogP contribution in [-0.4, -0.2) is 29.8 Å². The van der Waals surface area contributed by atoms with Gasteiger partial charge in [-0.1, -0.05) is 13.8 Å². The Kier molecular flexibility index (Phi) is 4.82. The molecule has 2 amide bonds. The average Bonchev–Trinajstić information content (AvgIpc) is 3.00. The average molecular weight is 278 g/mol. The number of likely N-dealkylation sites (tertiary alicyclic amines) is 1. The minimum Gasteiger partial charge on any atom is -0.467 e. The zero-order chi connectivity index (χ0) is 14.5. The summed E-state index contributed by atoms with van der Waals surface area (Å²) in [5, 5.41) is 2.91. The molecule has 1 saturated heterocycles. The molecule has 20 heavy (non-hydrogen) atoms. The molecule has 0 saturated carbocycles. The summed E-state index contributed by atoms with van der Waals surface area (Å²) in [7, 11) is 0. The summed E-state index contributed by atoms with van der Waals surface area (Å²) >= 11 is 0. The third kappa shape index (κ3) is 3.85. The third-order valence-corrected chi connectivity index (χ3v) is 3.53. The van der Waals surface area contributed by atoms with Crippen LogP contribution in [0.1, 0.15) is 32.4 Å². The van der Waals surface area contributed by atoms with Gasteiger partial charge in [0, 0.05) is 19.5 Å². The van der Waals surface area contributed by atoms with E-state index in [1.807, 2.05) is 6.07 Å². The molecule has 1 unspecified atom stereocenters. The lowest BCUT2D eigenvalue weighted by Gasteiger charge is -2.15. The Bertz CT molecular complexity index is 454. The summed E-state index contributed by atoms with van der Waals surface area (Å²) in [6.45, 7) is 5.85. The van der Waals surface area contributed by atoms with Crippen LogP contribution in [0.25, 0.3) is 0 Å². The van der Waals surface area contributed by atoms with Crippen molar-refractivity contribution in [2.75, 3.05) is 13.1 Å². The molecule has 110 valence electrons. The Morgan fingerprint density at radius 3 is 3.00 bits per heavy atom. The standard InChI is InChI=1S/C15H22N2O3/c1-11(2)5-6-16-15(19)12-8-14(18)17(9-12)10-13-4-3-7-20-13/h3-4,7,11-12H,5-6,8-10H2,1-2H3,(H,16,19). The largest absolute Gasteiger partial charge is 0.467 e. The normalized spacial score (nSPS) is 18.9. The molecule has 2 rings (SSSR count). The number of carbonyl (C=O) groups is 2. The molecule has 0 spiro atoms. The lowest BCUT2D eigenvalue weighted by atomic mass is 10.1. The molecule has 2 heterocycles. The summed E-state index contributed by atoms with van der Waals surface area (Å²) in [4.78, 5) is 25.6. The van der Waals surface area contributed by atoms with Gasteiger partial charge in [-0.25, -0.2) is 0 Å². The fourth-order valence-electron chi connectivity index (χ4n) is 2.32. The number of rotatable bonds is 6. The molecular formula is C15H22N2O3. The topological polar surface area (TPSA) is 62.6 Å². The highest BCUT2D eigenvalue weighted by Gasteiger charge is 2.34. The van der Waals surface area contributed by atoms with Crippen molar-refractivity contribution in [2.45, 2.75) is 33.2 Å². The van der Waals surface area contributed by atoms with E-state index >= 15 is 0 Å².